The summed E-state index contributed by atoms with van der Waals surface area (Å²) in [5.74, 6) is 0.116. The van der Waals surface area contributed by atoms with Crippen LogP contribution in [0.15, 0.2) is 54.6 Å². The summed E-state index contributed by atoms with van der Waals surface area (Å²) >= 11 is 0. The number of amides is 3. The molecule has 2 aliphatic heterocycles. The molecule has 3 amide bonds. The third-order valence-electron chi connectivity index (χ3n) is 5.29. The Balaban J connectivity index is 1.24. The van der Waals surface area contributed by atoms with Gasteiger partial charge in [0, 0.05) is 37.6 Å². The Morgan fingerprint density at radius 1 is 1.03 bits per heavy atom. The number of carbonyl (C=O) groups is 2. The zero-order chi connectivity index (χ0) is 20.1. The van der Waals surface area contributed by atoms with E-state index in [1.54, 1.807) is 0 Å². The Hall–Kier alpha value is -2.90. The van der Waals surface area contributed by atoms with Gasteiger partial charge in [-0.1, -0.05) is 36.4 Å². The summed E-state index contributed by atoms with van der Waals surface area (Å²) < 4.78 is 5.76. The number of hydrogen-bond donors (Lipinski definition) is 2. The molecule has 0 saturated carbocycles. The van der Waals surface area contributed by atoms with Crippen LogP contribution in [0.4, 0.5) is 16.2 Å². The molecule has 152 valence electrons. The number of rotatable bonds is 5. The number of ether oxygens (including phenoxy) is 1. The monoisotopic (exact) mass is 394 g/mol. The maximum atomic E-state index is 12.8. The summed E-state index contributed by atoms with van der Waals surface area (Å²) in [6.45, 7) is 3.39. The van der Waals surface area contributed by atoms with Gasteiger partial charge in [-0.3, -0.25) is 9.69 Å². The summed E-state index contributed by atoms with van der Waals surface area (Å²) in [7, 11) is 0. The fraction of sp³-hybridized carbons (Fsp3) is 0.364. The van der Waals surface area contributed by atoms with Crippen molar-refractivity contribution >= 4 is 23.3 Å². The third kappa shape index (κ3) is 4.93. The maximum absolute atomic E-state index is 12.8. The van der Waals surface area contributed by atoms with Crippen molar-refractivity contribution in [2.24, 2.45) is 0 Å². The van der Waals surface area contributed by atoms with Crippen molar-refractivity contribution in [1.29, 1.82) is 0 Å². The summed E-state index contributed by atoms with van der Waals surface area (Å²) in [5.41, 5.74) is 3.00. The van der Waals surface area contributed by atoms with Gasteiger partial charge in [-0.05, 0) is 30.2 Å². The van der Waals surface area contributed by atoms with Crippen LogP contribution in [0, 0.1) is 0 Å². The van der Waals surface area contributed by atoms with Crippen LogP contribution in [0.2, 0.25) is 0 Å². The number of anilines is 2. The number of nitrogens with one attached hydrogen (secondary N) is 2. The van der Waals surface area contributed by atoms with Crippen molar-refractivity contribution in [2.75, 3.05) is 49.5 Å². The number of carbonyl (C=O) groups excluding carboxylic acids is 2. The summed E-state index contributed by atoms with van der Waals surface area (Å²) in [6, 6.07) is 17.1. The van der Waals surface area contributed by atoms with E-state index in [1.807, 2.05) is 53.4 Å². The molecule has 0 spiro atoms. The lowest BCUT2D eigenvalue weighted by atomic mass is 10.2. The first-order chi connectivity index (χ1) is 14.2. The van der Waals surface area contributed by atoms with E-state index in [1.165, 1.54) is 5.56 Å². The molecule has 7 nitrogen and oxygen atoms in total. The van der Waals surface area contributed by atoms with Gasteiger partial charge in [0.1, 0.15) is 0 Å². The molecule has 2 N–H and O–H groups in total. The van der Waals surface area contributed by atoms with Crippen LogP contribution in [-0.2, 0) is 16.0 Å². The lowest BCUT2D eigenvalue weighted by molar-refractivity contribution is -0.121. The van der Waals surface area contributed by atoms with Crippen molar-refractivity contribution in [1.82, 2.24) is 10.2 Å². The molecule has 4 rings (SSSR count). The number of urea groups is 1. The summed E-state index contributed by atoms with van der Waals surface area (Å²) in [6.07, 6.45) is 0.776. The average molecular weight is 394 g/mol. The van der Waals surface area contributed by atoms with Crippen LogP contribution >= 0.6 is 0 Å². The third-order valence-corrected chi connectivity index (χ3v) is 5.29. The van der Waals surface area contributed by atoms with Gasteiger partial charge in [0.25, 0.3) is 0 Å². The van der Waals surface area contributed by atoms with Gasteiger partial charge in [-0.25, -0.2) is 4.79 Å². The minimum Gasteiger partial charge on any atom is -0.374 e. The molecule has 2 aromatic rings. The molecule has 2 aromatic carbocycles. The molecule has 0 bridgehead atoms. The fourth-order valence-corrected chi connectivity index (χ4v) is 3.82. The van der Waals surface area contributed by atoms with Crippen molar-refractivity contribution in [3.05, 3.63) is 60.2 Å². The number of para-hydroxylation sites is 2. The minimum atomic E-state index is -0.262. The van der Waals surface area contributed by atoms with Gasteiger partial charge in [0.05, 0.1) is 19.3 Å². The predicted molar refractivity (Wildman–Crippen MR) is 112 cm³/mol. The maximum Gasteiger partial charge on any atom is 0.319 e. The lowest BCUT2D eigenvalue weighted by Gasteiger charge is -2.33. The fourth-order valence-electron chi connectivity index (χ4n) is 3.82. The molecule has 1 atom stereocenters. The van der Waals surface area contributed by atoms with Crippen LogP contribution in [0.5, 0.6) is 0 Å². The zero-order valence-corrected chi connectivity index (χ0v) is 16.3. The molecule has 1 unspecified atom stereocenters. The number of morpholine rings is 1. The van der Waals surface area contributed by atoms with Crippen LogP contribution in [0.25, 0.3) is 0 Å². The van der Waals surface area contributed by atoms with Gasteiger partial charge < -0.3 is 20.3 Å². The van der Waals surface area contributed by atoms with E-state index in [0.29, 0.717) is 32.8 Å². The molecule has 1 saturated heterocycles. The molecule has 29 heavy (non-hydrogen) atoms. The highest BCUT2D eigenvalue weighted by Gasteiger charge is 2.28. The molecular weight excluding hydrogens is 368 g/mol. The highest BCUT2D eigenvalue weighted by Crippen LogP contribution is 2.27. The first-order valence-corrected chi connectivity index (χ1v) is 10.0. The van der Waals surface area contributed by atoms with E-state index >= 15 is 0 Å². The van der Waals surface area contributed by atoms with Crippen molar-refractivity contribution in [2.45, 2.75) is 12.5 Å². The Morgan fingerprint density at radius 3 is 2.69 bits per heavy atom. The van der Waals surface area contributed by atoms with Crippen LogP contribution in [0.3, 0.4) is 0 Å². The topological polar surface area (TPSA) is 73.9 Å². The van der Waals surface area contributed by atoms with Crippen molar-refractivity contribution in [3.8, 4) is 0 Å². The molecule has 2 heterocycles. The number of hydrogen-bond acceptors (Lipinski definition) is 4. The Labute approximate surface area is 170 Å². The highest BCUT2D eigenvalue weighted by molar-refractivity contribution is 5.96. The van der Waals surface area contributed by atoms with E-state index in [-0.39, 0.29) is 18.0 Å². The highest BCUT2D eigenvalue weighted by atomic mass is 16.5. The SMILES string of the molecule is O=C(NCC1CN(CC(=O)N2CCc3ccccc32)CCO1)Nc1ccccc1. The van der Waals surface area contributed by atoms with Crippen LogP contribution < -0.4 is 15.5 Å². The van der Waals surface area contributed by atoms with Crippen molar-refractivity contribution < 1.29 is 14.3 Å². The Bertz CT molecular complexity index is 858. The molecule has 2 aliphatic rings. The Morgan fingerprint density at radius 2 is 1.83 bits per heavy atom. The van der Waals surface area contributed by atoms with Crippen molar-refractivity contribution in [3.63, 3.8) is 0 Å². The van der Waals surface area contributed by atoms with Crippen LogP contribution in [0.1, 0.15) is 5.56 Å². The van der Waals surface area contributed by atoms with E-state index in [4.69, 9.17) is 4.74 Å². The standard InChI is InChI=1S/C22H26N4O3/c27-21(26-11-10-17-6-4-5-9-20(17)26)16-25-12-13-29-19(15-25)14-23-22(28)24-18-7-2-1-3-8-18/h1-9,19H,10-16H2,(H2,23,24,28). The minimum absolute atomic E-state index is 0.116. The largest absolute Gasteiger partial charge is 0.374 e. The predicted octanol–water partition coefficient (Wildman–Crippen LogP) is 2.10. The molecular formula is C22H26N4O3. The van der Waals surface area contributed by atoms with Gasteiger partial charge in [-0.2, -0.15) is 0 Å². The summed E-state index contributed by atoms with van der Waals surface area (Å²) in [4.78, 5) is 28.9. The van der Waals surface area contributed by atoms with E-state index in [2.05, 4.69) is 21.6 Å². The zero-order valence-electron chi connectivity index (χ0n) is 16.3. The smallest absolute Gasteiger partial charge is 0.319 e. The molecule has 7 heteroatoms. The molecule has 0 aromatic heterocycles. The summed E-state index contributed by atoms with van der Waals surface area (Å²) in [5, 5.41) is 5.64. The van der Waals surface area contributed by atoms with Gasteiger partial charge in [0.15, 0.2) is 0 Å². The van der Waals surface area contributed by atoms with Crippen LogP contribution in [-0.4, -0.2) is 62.3 Å². The Kier molecular flexibility index (Phi) is 6.07. The van der Waals surface area contributed by atoms with Gasteiger partial charge in [-0.15, -0.1) is 0 Å². The number of fused-ring (bicyclic) bond motifs is 1. The molecule has 1 fully saturated rings. The van der Waals surface area contributed by atoms with E-state index in [0.717, 1.165) is 24.3 Å². The second-order valence-electron chi connectivity index (χ2n) is 7.35. The molecule has 0 aliphatic carbocycles. The van der Waals surface area contributed by atoms with E-state index in [9.17, 15) is 9.59 Å². The first kappa shape index (κ1) is 19.4. The first-order valence-electron chi connectivity index (χ1n) is 10.0. The second-order valence-corrected chi connectivity index (χ2v) is 7.35. The second kappa shape index (κ2) is 9.07. The van der Waals surface area contributed by atoms with Gasteiger partial charge >= 0.3 is 6.03 Å². The normalized spacial score (nSPS) is 18.9. The molecule has 0 radical (unpaired) electrons. The van der Waals surface area contributed by atoms with E-state index < -0.39 is 0 Å². The number of benzene rings is 2. The average Bonchev–Trinajstić information content (AvgIpc) is 3.18. The lowest BCUT2D eigenvalue weighted by Crippen LogP contribution is -2.51. The number of nitrogens with zero attached hydrogens (tertiary/aromatic N) is 2. The quantitative estimate of drug-likeness (QED) is 0.815. The van der Waals surface area contributed by atoms with Gasteiger partial charge in [0.2, 0.25) is 5.91 Å².